The zero-order valence-electron chi connectivity index (χ0n) is 10.3. The Kier molecular flexibility index (Phi) is 4.36. The first-order chi connectivity index (χ1) is 7.98. The molecule has 0 aliphatic rings. The molecule has 0 aliphatic heterocycles. The highest BCUT2D eigenvalue weighted by Crippen LogP contribution is 2.24. The second kappa shape index (κ2) is 5.55. The third-order valence-electron chi connectivity index (χ3n) is 2.73. The van der Waals surface area contributed by atoms with Gasteiger partial charge in [-0.25, -0.2) is 0 Å². The van der Waals surface area contributed by atoms with Crippen LogP contribution >= 0.6 is 0 Å². The predicted molar refractivity (Wildman–Crippen MR) is 69.5 cm³/mol. The minimum absolute atomic E-state index is 0.0101. The number of anilines is 2. The van der Waals surface area contributed by atoms with Crippen LogP contribution < -0.4 is 11.1 Å². The van der Waals surface area contributed by atoms with Crippen LogP contribution in [0.25, 0.3) is 0 Å². The van der Waals surface area contributed by atoms with Crippen molar-refractivity contribution in [2.24, 2.45) is 5.41 Å². The molecule has 0 fully saturated rings. The molecule has 0 heterocycles. The van der Waals surface area contributed by atoms with Crippen LogP contribution in [-0.4, -0.2) is 18.3 Å². The fourth-order valence-corrected chi connectivity index (χ4v) is 1.50. The normalized spacial score (nSPS) is 10.9. The van der Waals surface area contributed by atoms with Crippen molar-refractivity contribution in [3.8, 4) is 6.07 Å². The molecule has 0 spiro atoms. The lowest BCUT2D eigenvalue weighted by atomic mass is 9.89. The number of nitrogens with one attached hydrogen (secondary N) is 1. The molecule has 0 amide bonds. The van der Waals surface area contributed by atoms with Gasteiger partial charge < -0.3 is 16.2 Å². The van der Waals surface area contributed by atoms with Gasteiger partial charge in [-0.15, -0.1) is 0 Å². The maximum absolute atomic E-state index is 8.94. The summed E-state index contributed by atoms with van der Waals surface area (Å²) >= 11 is 0. The first-order valence-electron chi connectivity index (χ1n) is 5.63. The van der Waals surface area contributed by atoms with Crippen LogP contribution in [0.4, 0.5) is 11.4 Å². The summed E-state index contributed by atoms with van der Waals surface area (Å²) in [6, 6.07) is 7.24. The van der Waals surface area contributed by atoms with Gasteiger partial charge in [0, 0.05) is 13.2 Å². The van der Waals surface area contributed by atoms with E-state index in [9.17, 15) is 0 Å². The number of rotatable bonds is 5. The van der Waals surface area contributed by atoms with Crippen LogP contribution in [0, 0.1) is 16.7 Å². The third-order valence-corrected chi connectivity index (χ3v) is 2.73. The quantitative estimate of drug-likeness (QED) is 0.679. The second-order valence-electron chi connectivity index (χ2n) is 4.91. The Morgan fingerprint density at radius 3 is 2.76 bits per heavy atom. The van der Waals surface area contributed by atoms with Gasteiger partial charge in [0.1, 0.15) is 0 Å². The molecule has 1 rings (SSSR count). The molecule has 0 aromatic heterocycles. The van der Waals surface area contributed by atoms with Crippen LogP contribution in [0.2, 0.25) is 0 Å². The van der Waals surface area contributed by atoms with Crippen molar-refractivity contribution >= 4 is 11.4 Å². The number of nitriles is 1. The monoisotopic (exact) mass is 233 g/mol. The molecule has 0 bridgehead atoms. The van der Waals surface area contributed by atoms with Crippen molar-refractivity contribution in [2.45, 2.75) is 20.3 Å². The average Bonchev–Trinajstić information content (AvgIpc) is 2.28. The first-order valence-corrected chi connectivity index (χ1v) is 5.63. The Bertz CT molecular complexity index is 421. The molecule has 0 atom stereocenters. The van der Waals surface area contributed by atoms with Crippen molar-refractivity contribution < 1.29 is 5.11 Å². The highest BCUT2D eigenvalue weighted by atomic mass is 16.3. The molecule has 0 saturated heterocycles. The van der Waals surface area contributed by atoms with Crippen molar-refractivity contribution in [2.75, 3.05) is 24.2 Å². The Labute approximate surface area is 102 Å². The topological polar surface area (TPSA) is 82.1 Å². The SMILES string of the molecule is CC(C)(CCO)CNc1cc(C#N)ccc1N. The molecule has 0 aliphatic carbocycles. The van der Waals surface area contributed by atoms with Crippen LogP contribution in [0.3, 0.4) is 0 Å². The van der Waals surface area contributed by atoms with E-state index in [0.717, 1.165) is 12.1 Å². The lowest BCUT2D eigenvalue weighted by Gasteiger charge is -2.25. The summed E-state index contributed by atoms with van der Waals surface area (Å²) in [7, 11) is 0. The van der Waals surface area contributed by atoms with E-state index in [1.54, 1.807) is 18.2 Å². The van der Waals surface area contributed by atoms with Crippen molar-refractivity contribution in [3.63, 3.8) is 0 Å². The number of benzene rings is 1. The second-order valence-corrected chi connectivity index (χ2v) is 4.91. The number of aliphatic hydroxyl groups excluding tert-OH is 1. The van der Waals surface area contributed by atoms with Crippen LogP contribution in [-0.2, 0) is 0 Å². The summed E-state index contributed by atoms with van der Waals surface area (Å²) in [5.41, 5.74) is 7.80. The van der Waals surface area contributed by atoms with E-state index in [4.69, 9.17) is 16.1 Å². The maximum Gasteiger partial charge on any atom is 0.0992 e. The lowest BCUT2D eigenvalue weighted by molar-refractivity contribution is 0.220. The van der Waals surface area contributed by atoms with Gasteiger partial charge in [0.15, 0.2) is 0 Å². The zero-order chi connectivity index (χ0) is 12.9. The van der Waals surface area contributed by atoms with Gasteiger partial charge in [0.2, 0.25) is 0 Å². The summed E-state index contributed by atoms with van der Waals surface area (Å²) in [6.07, 6.45) is 0.720. The molecule has 0 saturated carbocycles. The summed E-state index contributed by atoms with van der Waals surface area (Å²) in [4.78, 5) is 0. The summed E-state index contributed by atoms with van der Waals surface area (Å²) < 4.78 is 0. The minimum Gasteiger partial charge on any atom is -0.397 e. The molecular weight excluding hydrogens is 214 g/mol. The van der Waals surface area contributed by atoms with Crippen LogP contribution in [0.1, 0.15) is 25.8 Å². The van der Waals surface area contributed by atoms with Gasteiger partial charge >= 0.3 is 0 Å². The molecule has 4 N–H and O–H groups in total. The Balaban J connectivity index is 2.72. The maximum atomic E-state index is 8.94. The number of nitrogens with zero attached hydrogens (tertiary/aromatic N) is 1. The zero-order valence-corrected chi connectivity index (χ0v) is 10.3. The molecule has 1 aromatic rings. The van der Waals surface area contributed by atoms with Crippen LogP contribution in [0.15, 0.2) is 18.2 Å². The number of aliphatic hydroxyl groups is 1. The molecule has 0 unspecified atom stereocenters. The van der Waals surface area contributed by atoms with Gasteiger partial charge in [-0.05, 0) is 30.0 Å². The van der Waals surface area contributed by atoms with E-state index in [1.807, 2.05) is 0 Å². The molecule has 1 aromatic carbocycles. The molecule has 4 nitrogen and oxygen atoms in total. The summed E-state index contributed by atoms with van der Waals surface area (Å²) in [5, 5.41) is 21.0. The Morgan fingerprint density at radius 2 is 2.18 bits per heavy atom. The van der Waals surface area contributed by atoms with Crippen molar-refractivity contribution in [3.05, 3.63) is 23.8 Å². The van der Waals surface area contributed by atoms with Gasteiger partial charge in [-0.2, -0.15) is 5.26 Å². The van der Waals surface area contributed by atoms with E-state index in [0.29, 0.717) is 17.8 Å². The molecular formula is C13H19N3O. The summed E-state index contributed by atoms with van der Waals surface area (Å²) in [5.74, 6) is 0. The molecule has 17 heavy (non-hydrogen) atoms. The lowest BCUT2D eigenvalue weighted by Crippen LogP contribution is -2.24. The van der Waals surface area contributed by atoms with Gasteiger partial charge in [0.05, 0.1) is 23.0 Å². The van der Waals surface area contributed by atoms with E-state index in [-0.39, 0.29) is 12.0 Å². The van der Waals surface area contributed by atoms with Crippen LogP contribution in [0.5, 0.6) is 0 Å². The Hall–Kier alpha value is -1.73. The minimum atomic E-state index is -0.0101. The van der Waals surface area contributed by atoms with E-state index < -0.39 is 0 Å². The number of nitrogen functional groups attached to an aromatic ring is 1. The molecule has 4 heteroatoms. The fraction of sp³-hybridized carbons (Fsp3) is 0.462. The highest BCUT2D eigenvalue weighted by molar-refractivity contribution is 5.68. The highest BCUT2D eigenvalue weighted by Gasteiger charge is 2.17. The third kappa shape index (κ3) is 3.97. The fourth-order valence-electron chi connectivity index (χ4n) is 1.50. The first kappa shape index (κ1) is 13.3. The van der Waals surface area contributed by atoms with Gasteiger partial charge in [-0.1, -0.05) is 13.8 Å². The van der Waals surface area contributed by atoms with Crippen molar-refractivity contribution in [1.82, 2.24) is 0 Å². The number of nitrogens with two attached hydrogens (primary N) is 1. The summed E-state index contributed by atoms with van der Waals surface area (Å²) in [6.45, 7) is 5.01. The smallest absolute Gasteiger partial charge is 0.0992 e. The van der Waals surface area contributed by atoms with Gasteiger partial charge in [-0.3, -0.25) is 0 Å². The standard InChI is InChI=1S/C13H19N3O/c1-13(2,5-6-17)9-16-12-7-10(8-14)3-4-11(12)15/h3-4,7,16-17H,5-6,9,15H2,1-2H3. The van der Waals surface area contributed by atoms with E-state index >= 15 is 0 Å². The van der Waals surface area contributed by atoms with E-state index in [1.165, 1.54) is 0 Å². The van der Waals surface area contributed by atoms with Gasteiger partial charge in [0.25, 0.3) is 0 Å². The molecule has 0 radical (unpaired) electrons. The molecule has 92 valence electrons. The Morgan fingerprint density at radius 1 is 1.47 bits per heavy atom. The predicted octanol–water partition coefficient (Wildman–Crippen LogP) is 1.96. The average molecular weight is 233 g/mol. The largest absolute Gasteiger partial charge is 0.397 e. The van der Waals surface area contributed by atoms with Crippen molar-refractivity contribution in [1.29, 1.82) is 5.26 Å². The van der Waals surface area contributed by atoms with E-state index in [2.05, 4.69) is 25.2 Å². The number of hydrogen-bond donors (Lipinski definition) is 3. The number of hydrogen-bond acceptors (Lipinski definition) is 4.